The standard InChI is InChI=1S/C11H14FN3O5S/c1-2-19-11(18)14-9-6(12)3-15(10(17)13-9)7-5-21-8(4-16)20-7/h3,7-8,16H,2,4-5H2,1H3,(H,13,14,17,18)/t7-,8+/m0/s1. The lowest BCUT2D eigenvalue weighted by atomic mass is 10.5. The number of rotatable bonds is 4. The average Bonchev–Trinajstić information content (AvgIpc) is 2.91. The number of nitrogens with zero attached hydrogens (tertiary/aromatic N) is 2. The molecule has 0 unspecified atom stereocenters. The van der Waals surface area contributed by atoms with Gasteiger partial charge >= 0.3 is 11.8 Å². The quantitative estimate of drug-likeness (QED) is 0.834. The van der Waals surface area contributed by atoms with Crippen molar-refractivity contribution in [3.63, 3.8) is 0 Å². The van der Waals surface area contributed by atoms with Crippen LogP contribution in [-0.2, 0) is 9.47 Å². The molecule has 2 heterocycles. The Kier molecular flexibility index (Phi) is 5.15. The summed E-state index contributed by atoms with van der Waals surface area (Å²) in [5, 5.41) is 11.0. The molecule has 1 aliphatic rings. The normalized spacial score (nSPS) is 21.3. The Hall–Kier alpha value is -1.65. The summed E-state index contributed by atoms with van der Waals surface area (Å²) in [4.78, 5) is 26.5. The molecular weight excluding hydrogens is 305 g/mol. The van der Waals surface area contributed by atoms with Crippen molar-refractivity contribution in [2.45, 2.75) is 18.6 Å². The second kappa shape index (κ2) is 6.87. The molecule has 0 spiro atoms. The van der Waals surface area contributed by atoms with Crippen molar-refractivity contribution in [3.8, 4) is 0 Å². The molecule has 0 radical (unpaired) electrons. The zero-order chi connectivity index (χ0) is 15.4. The van der Waals surface area contributed by atoms with Crippen LogP contribution in [0.2, 0.25) is 0 Å². The molecule has 2 rings (SSSR count). The Morgan fingerprint density at radius 1 is 1.76 bits per heavy atom. The van der Waals surface area contributed by atoms with Gasteiger partial charge in [-0.2, -0.15) is 4.98 Å². The second-order valence-electron chi connectivity index (χ2n) is 4.01. The van der Waals surface area contributed by atoms with E-state index in [1.54, 1.807) is 6.92 Å². The summed E-state index contributed by atoms with van der Waals surface area (Å²) < 4.78 is 24.8. The number of carbonyl (C=O) groups excluding carboxylic acids is 1. The predicted octanol–water partition coefficient (Wildman–Crippen LogP) is 0.531. The molecule has 1 aliphatic heterocycles. The van der Waals surface area contributed by atoms with E-state index in [1.165, 1.54) is 11.8 Å². The maximum atomic E-state index is 13.9. The van der Waals surface area contributed by atoms with Crippen LogP contribution in [0.4, 0.5) is 15.0 Å². The van der Waals surface area contributed by atoms with Gasteiger partial charge in [-0.3, -0.25) is 9.88 Å². The minimum atomic E-state index is -0.894. The number of carbonyl (C=O) groups is 1. The summed E-state index contributed by atoms with van der Waals surface area (Å²) in [6, 6.07) is 0. The Bertz CT molecular complexity index is 581. The van der Waals surface area contributed by atoms with Gasteiger partial charge in [0.2, 0.25) is 0 Å². The SMILES string of the molecule is CCOC(=O)Nc1nc(=O)n([C@@H]2CS[C@H](CO)O2)cc1F. The fourth-order valence-electron chi connectivity index (χ4n) is 1.69. The molecule has 0 saturated carbocycles. The highest BCUT2D eigenvalue weighted by Crippen LogP contribution is 2.30. The molecule has 0 aliphatic carbocycles. The molecule has 0 aromatic carbocycles. The van der Waals surface area contributed by atoms with Gasteiger partial charge in [0, 0.05) is 5.75 Å². The highest BCUT2D eigenvalue weighted by molar-refractivity contribution is 8.00. The number of anilines is 1. The van der Waals surface area contributed by atoms with Gasteiger partial charge in [0.15, 0.2) is 11.6 Å². The number of hydrogen-bond donors (Lipinski definition) is 2. The summed E-state index contributed by atoms with van der Waals surface area (Å²) in [5.41, 5.74) is -1.23. The lowest BCUT2D eigenvalue weighted by molar-refractivity contribution is -0.00677. The number of ether oxygens (including phenoxy) is 2. The molecule has 2 N–H and O–H groups in total. The van der Waals surface area contributed by atoms with Crippen LogP contribution >= 0.6 is 11.8 Å². The van der Waals surface area contributed by atoms with Crippen LogP contribution < -0.4 is 11.0 Å². The fourth-order valence-corrected chi connectivity index (χ4v) is 2.62. The number of aliphatic hydroxyl groups is 1. The van der Waals surface area contributed by atoms with Crippen molar-refractivity contribution < 1.29 is 23.8 Å². The molecule has 0 bridgehead atoms. The zero-order valence-electron chi connectivity index (χ0n) is 11.1. The Labute approximate surface area is 123 Å². The van der Waals surface area contributed by atoms with Gasteiger partial charge in [0.25, 0.3) is 0 Å². The van der Waals surface area contributed by atoms with E-state index < -0.39 is 35.1 Å². The molecule has 1 fully saturated rings. The van der Waals surface area contributed by atoms with Crippen molar-refractivity contribution in [2.75, 3.05) is 24.3 Å². The van der Waals surface area contributed by atoms with Gasteiger partial charge in [-0.25, -0.2) is 14.0 Å². The van der Waals surface area contributed by atoms with Crippen LogP contribution in [0.3, 0.4) is 0 Å². The first-order valence-electron chi connectivity index (χ1n) is 6.15. The van der Waals surface area contributed by atoms with Crippen molar-refractivity contribution in [3.05, 3.63) is 22.5 Å². The van der Waals surface area contributed by atoms with E-state index in [2.05, 4.69) is 9.72 Å². The third kappa shape index (κ3) is 3.71. The lowest BCUT2D eigenvalue weighted by Gasteiger charge is -2.14. The van der Waals surface area contributed by atoms with Crippen molar-refractivity contribution in [1.29, 1.82) is 0 Å². The van der Waals surface area contributed by atoms with Crippen molar-refractivity contribution >= 4 is 23.7 Å². The van der Waals surface area contributed by atoms with Crippen molar-refractivity contribution in [2.24, 2.45) is 0 Å². The van der Waals surface area contributed by atoms with Gasteiger partial charge in [-0.15, -0.1) is 11.8 Å². The van der Waals surface area contributed by atoms with Crippen LogP contribution in [0.25, 0.3) is 0 Å². The maximum Gasteiger partial charge on any atom is 0.412 e. The highest BCUT2D eigenvalue weighted by Gasteiger charge is 2.28. The van der Waals surface area contributed by atoms with Crippen molar-refractivity contribution in [1.82, 2.24) is 9.55 Å². The molecule has 8 nitrogen and oxygen atoms in total. The van der Waals surface area contributed by atoms with E-state index in [1.807, 2.05) is 5.32 Å². The minimum absolute atomic E-state index is 0.111. The van der Waals surface area contributed by atoms with Gasteiger partial charge in [0.1, 0.15) is 11.7 Å². The van der Waals surface area contributed by atoms with E-state index in [0.29, 0.717) is 5.75 Å². The van der Waals surface area contributed by atoms with E-state index in [-0.39, 0.29) is 13.2 Å². The highest BCUT2D eigenvalue weighted by atomic mass is 32.2. The van der Waals surface area contributed by atoms with E-state index in [0.717, 1.165) is 10.8 Å². The number of hydrogen-bond acceptors (Lipinski definition) is 7. The van der Waals surface area contributed by atoms with Gasteiger partial charge in [-0.05, 0) is 6.92 Å². The van der Waals surface area contributed by atoms with Crippen LogP contribution in [0.15, 0.2) is 11.0 Å². The summed E-state index contributed by atoms with van der Waals surface area (Å²) >= 11 is 1.31. The van der Waals surface area contributed by atoms with E-state index >= 15 is 0 Å². The molecule has 10 heteroatoms. The van der Waals surface area contributed by atoms with E-state index in [9.17, 15) is 14.0 Å². The third-order valence-electron chi connectivity index (χ3n) is 2.60. The minimum Gasteiger partial charge on any atom is -0.450 e. The zero-order valence-corrected chi connectivity index (χ0v) is 11.9. The Balaban J connectivity index is 2.17. The summed E-state index contributed by atoms with van der Waals surface area (Å²) in [5.74, 6) is -1.00. The number of halogens is 1. The molecule has 116 valence electrons. The van der Waals surface area contributed by atoms with E-state index in [4.69, 9.17) is 9.84 Å². The summed E-state index contributed by atoms with van der Waals surface area (Å²) in [7, 11) is 0. The smallest absolute Gasteiger partial charge is 0.412 e. The number of aromatic nitrogens is 2. The molecule has 21 heavy (non-hydrogen) atoms. The molecule has 1 aromatic rings. The summed E-state index contributed by atoms with van der Waals surface area (Å²) in [6.45, 7) is 1.50. The van der Waals surface area contributed by atoms with Crippen LogP contribution in [0, 0.1) is 5.82 Å². The predicted molar refractivity (Wildman–Crippen MR) is 72.6 cm³/mol. The second-order valence-corrected chi connectivity index (χ2v) is 5.20. The fraction of sp³-hybridized carbons (Fsp3) is 0.545. The Morgan fingerprint density at radius 2 is 2.52 bits per heavy atom. The first kappa shape index (κ1) is 15.7. The monoisotopic (exact) mass is 319 g/mol. The van der Waals surface area contributed by atoms with Crippen LogP contribution in [-0.4, -0.2) is 45.2 Å². The number of nitrogens with one attached hydrogen (secondary N) is 1. The Morgan fingerprint density at radius 3 is 3.14 bits per heavy atom. The number of thioether (sulfide) groups is 1. The van der Waals surface area contributed by atoms with Gasteiger partial charge < -0.3 is 14.6 Å². The number of aliphatic hydroxyl groups excluding tert-OH is 1. The molecule has 1 aromatic heterocycles. The molecular formula is C11H14FN3O5S. The van der Waals surface area contributed by atoms with Crippen LogP contribution in [0.1, 0.15) is 13.2 Å². The molecule has 1 saturated heterocycles. The third-order valence-corrected chi connectivity index (χ3v) is 3.71. The average molecular weight is 319 g/mol. The molecule has 2 atom stereocenters. The maximum absolute atomic E-state index is 13.9. The topological polar surface area (TPSA) is 103 Å². The first-order valence-corrected chi connectivity index (χ1v) is 7.20. The van der Waals surface area contributed by atoms with Crippen LogP contribution in [0.5, 0.6) is 0 Å². The molecule has 1 amide bonds. The van der Waals surface area contributed by atoms with Gasteiger partial charge in [-0.1, -0.05) is 0 Å². The van der Waals surface area contributed by atoms with Gasteiger partial charge in [0.05, 0.1) is 19.4 Å². The number of amides is 1. The lowest BCUT2D eigenvalue weighted by Crippen LogP contribution is -2.30. The first-order chi connectivity index (χ1) is 10.0. The largest absolute Gasteiger partial charge is 0.450 e. The summed E-state index contributed by atoms with van der Waals surface area (Å²) in [6.07, 6.45) is -0.700.